The van der Waals surface area contributed by atoms with Crippen LogP contribution in [0.2, 0.25) is 0 Å². The van der Waals surface area contributed by atoms with Gasteiger partial charge in [0.15, 0.2) is 5.65 Å². The first-order valence-corrected chi connectivity index (χ1v) is 10.2. The summed E-state index contributed by atoms with van der Waals surface area (Å²) in [5, 5.41) is 14.2. The molecule has 5 rings (SSSR count). The van der Waals surface area contributed by atoms with Gasteiger partial charge in [0.05, 0.1) is 6.20 Å². The molecule has 0 atom stereocenters. The molecule has 1 N–H and O–H groups in total. The molecule has 0 bridgehead atoms. The van der Waals surface area contributed by atoms with Crippen LogP contribution in [0.3, 0.4) is 0 Å². The third-order valence-corrected chi connectivity index (χ3v) is 5.83. The predicted molar refractivity (Wildman–Crippen MR) is 114 cm³/mol. The Morgan fingerprint density at radius 2 is 1.79 bits per heavy atom. The summed E-state index contributed by atoms with van der Waals surface area (Å²) in [6.07, 6.45) is 8.18. The van der Waals surface area contributed by atoms with E-state index in [4.69, 9.17) is 4.98 Å². The van der Waals surface area contributed by atoms with Crippen molar-refractivity contribution < 1.29 is 5.11 Å². The van der Waals surface area contributed by atoms with Crippen molar-refractivity contribution in [2.24, 2.45) is 0 Å². The van der Waals surface area contributed by atoms with Crippen molar-refractivity contribution in [1.29, 1.82) is 0 Å². The standard InChI is InChI=1S/C24H24N4O/c29-22-8-4-7-21(13-22)19-9-11-27(12-10-19)16-18-14-25-24-23(15-26-28(24)17-18)20-5-2-1-3-6-20/h1-8,13-15,17,19,29H,9-12,16H2. The molecule has 1 aliphatic heterocycles. The van der Waals surface area contributed by atoms with E-state index in [0.717, 1.165) is 49.2 Å². The monoisotopic (exact) mass is 384 g/mol. The van der Waals surface area contributed by atoms with Gasteiger partial charge < -0.3 is 5.11 Å². The van der Waals surface area contributed by atoms with E-state index in [1.807, 2.05) is 47.2 Å². The summed E-state index contributed by atoms with van der Waals surface area (Å²) in [6, 6.07) is 18.0. The van der Waals surface area contributed by atoms with Crippen LogP contribution in [0.5, 0.6) is 5.75 Å². The van der Waals surface area contributed by atoms with E-state index in [1.54, 1.807) is 6.07 Å². The van der Waals surface area contributed by atoms with Gasteiger partial charge in [-0.25, -0.2) is 9.50 Å². The number of fused-ring (bicyclic) bond motifs is 1. The minimum absolute atomic E-state index is 0.360. The number of phenolic OH excluding ortho intramolecular Hbond substituents is 1. The second-order valence-corrected chi connectivity index (χ2v) is 7.80. The molecule has 146 valence electrons. The smallest absolute Gasteiger partial charge is 0.162 e. The van der Waals surface area contributed by atoms with Crippen molar-refractivity contribution in [2.45, 2.75) is 25.3 Å². The first-order chi connectivity index (χ1) is 14.3. The van der Waals surface area contributed by atoms with E-state index in [-0.39, 0.29) is 0 Å². The van der Waals surface area contributed by atoms with Crippen LogP contribution in [-0.2, 0) is 6.54 Å². The van der Waals surface area contributed by atoms with Gasteiger partial charge in [-0.2, -0.15) is 5.10 Å². The van der Waals surface area contributed by atoms with Crippen molar-refractivity contribution >= 4 is 5.65 Å². The highest BCUT2D eigenvalue weighted by molar-refractivity contribution is 5.76. The quantitative estimate of drug-likeness (QED) is 0.564. The number of aromatic nitrogens is 3. The first-order valence-electron chi connectivity index (χ1n) is 10.2. The zero-order valence-electron chi connectivity index (χ0n) is 16.3. The normalized spacial score (nSPS) is 15.7. The van der Waals surface area contributed by atoms with Gasteiger partial charge in [-0.15, -0.1) is 0 Å². The van der Waals surface area contributed by atoms with E-state index in [1.165, 1.54) is 11.1 Å². The van der Waals surface area contributed by atoms with E-state index in [0.29, 0.717) is 11.7 Å². The van der Waals surface area contributed by atoms with Gasteiger partial charge in [-0.3, -0.25) is 4.90 Å². The van der Waals surface area contributed by atoms with Crippen molar-refractivity contribution in [1.82, 2.24) is 19.5 Å². The van der Waals surface area contributed by atoms with Crippen LogP contribution in [0.25, 0.3) is 16.8 Å². The van der Waals surface area contributed by atoms with Crippen molar-refractivity contribution in [3.8, 4) is 16.9 Å². The Labute approximate surface area is 170 Å². The van der Waals surface area contributed by atoms with Gasteiger partial charge in [0, 0.05) is 30.1 Å². The molecule has 1 saturated heterocycles. The Kier molecular flexibility index (Phi) is 4.74. The summed E-state index contributed by atoms with van der Waals surface area (Å²) in [7, 11) is 0. The molecule has 0 aliphatic carbocycles. The Bertz CT molecular complexity index is 1110. The number of hydrogen-bond donors (Lipinski definition) is 1. The van der Waals surface area contributed by atoms with E-state index < -0.39 is 0 Å². The van der Waals surface area contributed by atoms with Crippen LogP contribution in [0.1, 0.15) is 29.9 Å². The Hall–Kier alpha value is -3.18. The van der Waals surface area contributed by atoms with E-state index >= 15 is 0 Å². The average Bonchev–Trinajstić information content (AvgIpc) is 3.18. The molecule has 0 radical (unpaired) electrons. The topological polar surface area (TPSA) is 53.7 Å². The number of hydrogen-bond acceptors (Lipinski definition) is 4. The fourth-order valence-corrected chi connectivity index (χ4v) is 4.28. The minimum atomic E-state index is 0.360. The van der Waals surface area contributed by atoms with Crippen LogP contribution in [0.15, 0.2) is 73.2 Å². The molecule has 2 aromatic heterocycles. The van der Waals surface area contributed by atoms with Crippen molar-refractivity contribution in [3.05, 3.63) is 84.3 Å². The molecule has 0 amide bonds. The molecule has 5 heteroatoms. The average molecular weight is 384 g/mol. The number of rotatable bonds is 4. The summed E-state index contributed by atoms with van der Waals surface area (Å²) in [5.74, 6) is 0.886. The van der Waals surface area contributed by atoms with Crippen LogP contribution >= 0.6 is 0 Å². The lowest BCUT2D eigenvalue weighted by Gasteiger charge is -2.32. The lowest BCUT2D eigenvalue weighted by Crippen LogP contribution is -2.32. The summed E-state index contributed by atoms with van der Waals surface area (Å²) in [6.45, 7) is 2.98. The minimum Gasteiger partial charge on any atom is -0.508 e. The second kappa shape index (κ2) is 7.68. The molecule has 2 aromatic carbocycles. The molecular formula is C24H24N4O. The summed E-state index contributed by atoms with van der Waals surface area (Å²) < 4.78 is 1.89. The molecule has 0 unspecified atom stereocenters. The third-order valence-electron chi connectivity index (χ3n) is 5.83. The molecule has 5 nitrogen and oxygen atoms in total. The molecule has 3 heterocycles. The van der Waals surface area contributed by atoms with Crippen molar-refractivity contribution in [3.63, 3.8) is 0 Å². The zero-order chi connectivity index (χ0) is 19.6. The van der Waals surface area contributed by atoms with Gasteiger partial charge in [0.1, 0.15) is 5.75 Å². The third kappa shape index (κ3) is 3.74. The Balaban J connectivity index is 1.27. The molecule has 4 aromatic rings. The first kappa shape index (κ1) is 17.9. The van der Waals surface area contributed by atoms with Crippen LogP contribution in [0, 0.1) is 0 Å². The maximum absolute atomic E-state index is 9.73. The number of benzene rings is 2. The fraction of sp³-hybridized carbons (Fsp3) is 0.250. The van der Waals surface area contributed by atoms with Crippen LogP contribution < -0.4 is 0 Å². The number of likely N-dealkylation sites (tertiary alicyclic amines) is 1. The van der Waals surface area contributed by atoms with E-state index in [2.05, 4.69) is 34.4 Å². The number of phenols is 1. The van der Waals surface area contributed by atoms with Crippen molar-refractivity contribution in [2.75, 3.05) is 13.1 Å². The molecule has 29 heavy (non-hydrogen) atoms. The number of piperidine rings is 1. The Morgan fingerprint density at radius 1 is 0.966 bits per heavy atom. The SMILES string of the molecule is Oc1cccc(C2CCN(Cc3cnc4c(-c5ccccc5)cnn4c3)CC2)c1. The number of aromatic hydroxyl groups is 1. The van der Waals surface area contributed by atoms with E-state index in [9.17, 15) is 5.11 Å². The highest BCUT2D eigenvalue weighted by Gasteiger charge is 2.21. The lowest BCUT2D eigenvalue weighted by molar-refractivity contribution is 0.204. The highest BCUT2D eigenvalue weighted by Crippen LogP contribution is 2.30. The zero-order valence-corrected chi connectivity index (χ0v) is 16.3. The highest BCUT2D eigenvalue weighted by atomic mass is 16.3. The molecule has 0 saturated carbocycles. The lowest BCUT2D eigenvalue weighted by atomic mass is 9.89. The largest absolute Gasteiger partial charge is 0.508 e. The second-order valence-electron chi connectivity index (χ2n) is 7.80. The van der Waals surface area contributed by atoms with Gasteiger partial charge in [-0.1, -0.05) is 42.5 Å². The maximum atomic E-state index is 9.73. The van der Waals surface area contributed by atoms with Gasteiger partial charge in [0.25, 0.3) is 0 Å². The number of nitrogens with zero attached hydrogens (tertiary/aromatic N) is 4. The molecule has 1 fully saturated rings. The molecule has 1 aliphatic rings. The molecular weight excluding hydrogens is 360 g/mol. The summed E-state index contributed by atoms with van der Waals surface area (Å²) in [4.78, 5) is 7.18. The Morgan fingerprint density at radius 3 is 2.59 bits per heavy atom. The molecule has 0 spiro atoms. The summed E-state index contributed by atoms with van der Waals surface area (Å²) >= 11 is 0. The van der Waals surface area contributed by atoms with Crippen LogP contribution in [-0.4, -0.2) is 37.7 Å². The van der Waals surface area contributed by atoms with Crippen LogP contribution in [0.4, 0.5) is 0 Å². The van der Waals surface area contributed by atoms with Gasteiger partial charge >= 0.3 is 0 Å². The fourth-order valence-electron chi connectivity index (χ4n) is 4.28. The van der Waals surface area contributed by atoms with Gasteiger partial charge in [0.2, 0.25) is 0 Å². The van der Waals surface area contributed by atoms with Gasteiger partial charge in [-0.05, 0) is 55.1 Å². The maximum Gasteiger partial charge on any atom is 0.162 e. The summed E-state index contributed by atoms with van der Waals surface area (Å²) in [5.41, 5.74) is 5.51. The predicted octanol–water partition coefficient (Wildman–Crippen LogP) is 4.48.